The Morgan fingerprint density at radius 1 is 0.687 bits per heavy atom. The predicted molar refractivity (Wildman–Crippen MR) is 253 cm³/mol. The van der Waals surface area contributed by atoms with Gasteiger partial charge in [-0.15, -0.1) is 0 Å². The zero-order valence-electron chi connectivity index (χ0n) is 40.0. The van der Waals surface area contributed by atoms with E-state index < -0.39 is 114 Å². The van der Waals surface area contributed by atoms with E-state index in [-0.39, 0.29) is 74.7 Å². The van der Waals surface area contributed by atoms with Gasteiger partial charge in [-0.3, -0.25) is 52.9 Å². The number of rotatable bonds is 31. The molecule has 0 aromatic heterocycles. The highest BCUT2D eigenvalue weighted by Crippen LogP contribution is 2.19. The van der Waals surface area contributed by atoms with Crippen molar-refractivity contribution in [2.75, 3.05) is 38.5 Å². The summed E-state index contributed by atoms with van der Waals surface area (Å²) in [6.45, 7) is 11.6. The molecular formula is C43H76N12O11S. The molecule has 24 heteroatoms. The van der Waals surface area contributed by atoms with E-state index in [4.69, 9.17) is 17.2 Å². The van der Waals surface area contributed by atoms with E-state index in [9.17, 15) is 53.1 Å². The maximum absolute atomic E-state index is 13.7. The van der Waals surface area contributed by atoms with Crippen molar-refractivity contribution >= 4 is 77.6 Å². The van der Waals surface area contributed by atoms with Crippen LogP contribution < -0.4 is 54.4 Å². The molecule has 1 rings (SSSR count). The summed E-state index contributed by atoms with van der Waals surface area (Å²) in [6, 6.07) is -6.40. The van der Waals surface area contributed by atoms with Crippen LogP contribution in [0.3, 0.4) is 0 Å². The van der Waals surface area contributed by atoms with Crippen LogP contribution in [0.15, 0.2) is 4.99 Å². The first-order chi connectivity index (χ1) is 31.4. The molecule has 380 valence electrons. The van der Waals surface area contributed by atoms with Crippen molar-refractivity contribution in [2.45, 2.75) is 143 Å². The van der Waals surface area contributed by atoms with Crippen molar-refractivity contribution in [1.82, 2.24) is 42.1 Å². The van der Waals surface area contributed by atoms with Crippen molar-refractivity contribution in [1.29, 1.82) is 0 Å². The fraction of sp³-hybridized carbons (Fsp3) is 0.744. The van der Waals surface area contributed by atoms with E-state index >= 15 is 0 Å². The second-order valence-electron chi connectivity index (χ2n) is 18.1. The zero-order valence-corrected chi connectivity index (χ0v) is 40.9. The van der Waals surface area contributed by atoms with Gasteiger partial charge in [0.15, 0.2) is 11.7 Å². The van der Waals surface area contributed by atoms with Crippen LogP contribution in [0.2, 0.25) is 0 Å². The zero-order chi connectivity index (χ0) is 51.0. The number of unbranched alkanes of at least 4 members (excludes halogenated alkanes) is 1. The Kier molecular flexibility index (Phi) is 27.3. The highest BCUT2D eigenvalue weighted by atomic mass is 32.1. The van der Waals surface area contributed by atoms with Crippen molar-refractivity contribution in [3.8, 4) is 0 Å². The molecule has 0 bridgehead atoms. The molecule has 1 heterocycles. The minimum atomic E-state index is -1.15. The van der Waals surface area contributed by atoms with Gasteiger partial charge in [-0.25, -0.2) is 0 Å². The van der Waals surface area contributed by atoms with Crippen molar-refractivity contribution in [3.05, 3.63) is 0 Å². The lowest BCUT2D eigenvalue weighted by atomic mass is 9.93. The Morgan fingerprint density at radius 3 is 1.75 bits per heavy atom. The second-order valence-corrected chi connectivity index (χ2v) is 18.4. The Bertz CT molecular complexity index is 1740. The molecule has 0 spiro atoms. The first-order valence-corrected chi connectivity index (χ1v) is 23.5. The standard InChI is InChI=1S/C43H76N12O11S/c1-23(2)15-28(54-41(64)32-12-10-14-55(32)36(59)21-49-38(61)31(22-67)52-34(57)19-44)37(60)48-20-35(58)51-29(16-24(3)4)40(63)53-30(17-25(5)6)39(62)50-26(7)33(56)18-27(42(65)66)11-8-9-13-47-43(45)46/h23-32,67H,8-22,44H2,1-7H3,(H,48,60)(H,49,61)(H,50,62)(H,51,58)(H,52,57)(H,53,63)(H,54,64)(H,65,66)(H4,45,46,47). The van der Waals surface area contributed by atoms with Crippen molar-refractivity contribution in [3.63, 3.8) is 0 Å². The minimum absolute atomic E-state index is 0.0483. The summed E-state index contributed by atoms with van der Waals surface area (Å²) < 4.78 is 0. The van der Waals surface area contributed by atoms with Crippen LogP contribution in [0.25, 0.3) is 0 Å². The molecule has 1 saturated heterocycles. The van der Waals surface area contributed by atoms with Gasteiger partial charge in [0.05, 0.1) is 31.6 Å². The van der Waals surface area contributed by atoms with Gasteiger partial charge in [-0.05, 0) is 69.6 Å². The second kappa shape index (κ2) is 30.7. The van der Waals surface area contributed by atoms with Crippen LogP contribution in [0.1, 0.15) is 106 Å². The number of thiol groups is 1. The van der Waals surface area contributed by atoms with E-state index in [0.29, 0.717) is 32.2 Å². The maximum Gasteiger partial charge on any atom is 0.306 e. The van der Waals surface area contributed by atoms with Gasteiger partial charge in [0, 0.05) is 25.3 Å². The number of guanidine groups is 1. The largest absolute Gasteiger partial charge is 0.481 e. The SMILES string of the molecule is CC(C)CC(NC(=O)CNC(=O)C(CC(C)C)NC(=O)C1CCCN1C(=O)CNC(=O)C(CS)NC(=O)CN)C(=O)NC(CC(C)C)C(=O)NC(C)C(=O)CC(CCCCN=C(N)N)C(=O)O. The Labute approximate surface area is 398 Å². The number of hydrogen-bond donors (Lipinski definition) is 12. The fourth-order valence-corrected chi connectivity index (χ4v) is 7.45. The lowest BCUT2D eigenvalue weighted by Crippen LogP contribution is -2.57. The highest BCUT2D eigenvalue weighted by Gasteiger charge is 2.37. The Hall–Kier alpha value is -5.52. The normalized spacial score (nSPS) is 16.1. The number of carboxylic acids is 1. The smallest absolute Gasteiger partial charge is 0.306 e. The van der Waals surface area contributed by atoms with Gasteiger partial charge < -0.3 is 64.4 Å². The highest BCUT2D eigenvalue weighted by molar-refractivity contribution is 7.80. The van der Waals surface area contributed by atoms with Crippen LogP contribution in [0.4, 0.5) is 0 Å². The van der Waals surface area contributed by atoms with E-state index in [1.165, 1.54) is 11.8 Å². The predicted octanol–water partition coefficient (Wildman–Crippen LogP) is -2.22. The van der Waals surface area contributed by atoms with Crippen molar-refractivity contribution in [2.24, 2.45) is 45.9 Å². The number of hydrogen-bond acceptors (Lipinski definition) is 13. The summed E-state index contributed by atoms with van der Waals surface area (Å²) in [4.78, 5) is 135. The van der Waals surface area contributed by atoms with Crippen molar-refractivity contribution < 1.29 is 53.1 Å². The molecule has 0 aliphatic carbocycles. The van der Waals surface area contributed by atoms with Crippen LogP contribution in [-0.4, -0.2) is 150 Å². The molecule has 1 aliphatic heterocycles. The molecule has 1 fully saturated rings. The molecule has 0 aromatic carbocycles. The van der Waals surface area contributed by atoms with Gasteiger partial charge >= 0.3 is 5.97 Å². The third kappa shape index (κ3) is 23.2. The summed E-state index contributed by atoms with van der Waals surface area (Å²) in [5, 5.41) is 27.7. The van der Waals surface area contributed by atoms with Gasteiger partial charge in [-0.2, -0.15) is 12.6 Å². The molecule has 7 unspecified atom stereocenters. The molecule has 8 amide bonds. The summed E-state index contributed by atoms with van der Waals surface area (Å²) >= 11 is 4.06. The average Bonchev–Trinajstić information content (AvgIpc) is 3.75. The molecule has 0 radical (unpaired) electrons. The number of nitrogens with zero attached hydrogens (tertiary/aromatic N) is 2. The fourth-order valence-electron chi connectivity index (χ4n) is 7.20. The molecular weight excluding hydrogens is 893 g/mol. The molecule has 0 saturated carbocycles. The monoisotopic (exact) mass is 969 g/mol. The summed E-state index contributed by atoms with van der Waals surface area (Å²) in [5.74, 6) is -8.21. The van der Waals surface area contributed by atoms with Gasteiger partial charge in [-0.1, -0.05) is 48.0 Å². The Balaban J connectivity index is 2.97. The number of carboxylic acid groups (broad SMARTS) is 1. The first kappa shape index (κ1) is 59.5. The Morgan fingerprint density at radius 2 is 1.21 bits per heavy atom. The van der Waals surface area contributed by atoms with E-state index in [0.717, 1.165) is 0 Å². The van der Waals surface area contributed by atoms with Gasteiger partial charge in [0.2, 0.25) is 47.3 Å². The summed E-state index contributed by atoms with van der Waals surface area (Å²) in [7, 11) is 0. The number of carbonyl (C=O) groups excluding carboxylic acids is 9. The molecule has 14 N–H and O–H groups in total. The van der Waals surface area contributed by atoms with E-state index in [1.807, 2.05) is 41.5 Å². The first-order valence-electron chi connectivity index (χ1n) is 22.9. The van der Waals surface area contributed by atoms with Crippen LogP contribution >= 0.6 is 12.6 Å². The van der Waals surface area contributed by atoms with Crippen LogP contribution in [-0.2, 0) is 47.9 Å². The molecule has 1 aliphatic rings. The average molecular weight is 969 g/mol. The van der Waals surface area contributed by atoms with E-state index in [1.54, 1.807) is 0 Å². The number of nitrogens with one attached hydrogen (secondary N) is 7. The molecule has 67 heavy (non-hydrogen) atoms. The van der Waals surface area contributed by atoms with Crippen LogP contribution in [0, 0.1) is 23.7 Å². The molecule has 7 atom stereocenters. The lowest BCUT2D eigenvalue weighted by molar-refractivity contribution is -0.144. The third-order valence-electron chi connectivity index (χ3n) is 10.7. The number of aliphatic imine (C=N–C) groups is 1. The van der Waals surface area contributed by atoms with Crippen LogP contribution in [0.5, 0.6) is 0 Å². The van der Waals surface area contributed by atoms with Gasteiger partial charge in [0.1, 0.15) is 30.2 Å². The maximum atomic E-state index is 13.7. The number of nitrogens with two attached hydrogens (primary N) is 3. The number of Topliss-reactive ketones (excluding diaryl/α,β-unsaturated/α-hetero) is 1. The summed E-state index contributed by atoms with van der Waals surface area (Å²) in [5.41, 5.74) is 15.9. The minimum Gasteiger partial charge on any atom is -0.481 e. The third-order valence-corrected chi connectivity index (χ3v) is 11.0. The van der Waals surface area contributed by atoms with Gasteiger partial charge in [0.25, 0.3) is 0 Å². The lowest BCUT2D eigenvalue weighted by Gasteiger charge is -2.27. The summed E-state index contributed by atoms with van der Waals surface area (Å²) in [6.07, 6.45) is 2.13. The number of aliphatic carboxylic acids is 1. The molecule has 0 aromatic rings. The number of carbonyl (C=O) groups is 10. The number of amides is 8. The quantitative estimate of drug-likeness (QED) is 0.0152. The van der Waals surface area contributed by atoms with E-state index in [2.05, 4.69) is 54.8 Å². The topological polar surface area (TPSA) is 369 Å². The number of likely N-dealkylation sites (tertiary alicyclic amines) is 1. The number of ketones is 1. The molecule has 23 nitrogen and oxygen atoms in total.